The average molecular weight is 564 g/mol. The van der Waals surface area contributed by atoms with Gasteiger partial charge >= 0.3 is 0 Å². The van der Waals surface area contributed by atoms with Crippen LogP contribution < -0.4 is 9.62 Å². The average Bonchev–Trinajstić information content (AvgIpc) is 2.94. The molecule has 3 aromatic carbocycles. The lowest BCUT2D eigenvalue weighted by Gasteiger charge is -2.34. The van der Waals surface area contributed by atoms with Crippen LogP contribution in [0.5, 0.6) is 0 Å². The van der Waals surface area contributed by atoms with Crippen LogP contribution in [0.3, 0.4) is 0 Å². The summed E-state index contributed by atoms with van der Waals surface area (Å²) in [4.78, 5) is 29.1. The fourth-order valence-electron chi connectivity index (χ4n) is 4.38. The quantitative estimate of drug-likeness (QED) is 0.314. The van der Waals surface area contributed by atoms with Gasteiger partial charge in [-0.2, -0.15) is 0 Å². The zero-order valence-electron chi connectivity index (χ0n) is 24.3. The van der Waals surface area contributed by atoms with E-state index in [9.17, 15) is 18.0 Å². The molecule has 0 saturated heterocycles. The van der Waals surface area contributed by atoms with Crippen LogP contribution in [0.2, 0.25) is 0 Å². The van der Waals surface area contributed by atoms with Crippen molar-refractivity contribution in [2.24, 2.45) is 0 Å². The van der Waals surface area contributed by atoms with E-state index in [1.165, 1.54) is 17.0 Å². The second-order valence-corrected chi connectivity index (χ2v) is 12.2. The van der Waals surface area contributed by atoms with Gasteiger partial charge in [0.2, 0.25) is 11.8 Å². The minimum atomic E-state index is -4.08. The molecule has 3 rings (SSSR count). The van der Waals surface area contributed by atoms with Crippen molar-refractivity contribution in [2.75, 3.05) is 10.8 Å². The number of sulfonamides is 1. The number of nitrogens with zero attached hydrogens (tertiary/aromatic N) is 2. The first-order chi connectivity index (χ1) is 19.0. The second kappa shape index (κ2) is 13.6. The number of carbonyl (C=O) groups excluding carboxylic acids is 2. The first kappa shape index (κ1) is 30.9. The minimum Gasteiger partial charge on any atom is -0.352 e. The van der Waals surface area contributed by atoms with E-state index < -0.39 is 28.5 Å². The molecule has 1 N–H and O–H groups in total. The third-order valence-electron chi connectivity index (χ3n) is 7.25. The largest absolute Gasteiger partial charge is 0.352 e. The zero-order valence-corrected chi connectivity index (χ0v) is 25.2. The second-order valence-electron chi connectivity index (χ2n) is 10.3. The number of hydrogen-bond acceptors (Lipinski definition) is 4. The van der Waals surface area contributed by atoms with Crippen LogP contribution in [0, 0.1) is 20.8 Å². The lowest BCUT2D eigenvalue weighted by atomic mass is 10.1. The predicted octanol–water partition coefficient (Wildman–Crippen LogP) is 5.53. The van der Waals surface area contributed by atoms with Crippen LogP contribution in [-0.2, 0) is 26.2 Å². The Morgan fingerprint density at radius 3 is 2.08 bits per heavy atom. The van der Waals surface area contributed by atoms with E-state index in [0.29, 0.717) is 12.1 Å². The molecule has 2 amide bonds. The van der Waals surface area contributed by atoms with Crippen LogP contribution in [0.25, 0.3) is 0 Å². The summed E-state index contributed by atoms with van der Waals surface area (Å²) in [5, 5.41) is 3.00. The SMILES string of the molecule is CC[C@@H](C)NC(=O)[C@H](CC)N(Cc1ccc(C)cc1)C(=O)CN(c1ccc(C)c(C)c1)S(=O)(=O)c1ccccc1. The van der Waals surface area contributed by atoms with Crippen molar-refractivity contribution in [1.82, 2.24) is 10.2 Å². The van der Waals surface area contributed by atoms with Crippen molar-refractivity contribution in [3.05, 3.63) is 95.1 Å². The molecule has 40 heavy (non-hydrogen) atoms. The van der Waals surface area contributed by atoms with Crippen LogP contribution in [0.1, 0.15) is 55.9 Å². The van der Waals surface area contributed by atoms with E-state index in [-0.39, 0.29) is 23.4 Å². The number of hydrogen-bond donors (Lipinski definition) is 1. The van der Waals surface area contributed by atoms with Crippen LogP contribution in [-0.4, -0.2) is 43.8 Å². The van der Waals surface area contributed by atoms with Crippen LogP contribution in [0.4, 0.5) is 5.69 Å². The molecule has 0 aromatic heterocycles. The van der Waals surface area contributed by atoms with Gasteiger partial charge in [-0.15, -0.1) is 0 Å². The summed E-state index contributed by atoms with van der Waals surface area (Å²) < 4.78 is 29.0. The van der Waals surface area contributed by atoms with Crippen molar-refractivity contribution >= 4 is 27.5 Å². The molecule has 7 nitrogen and oxygen atoms in total. The van der Waals surface area contributed by atoms with Crippen LogP contribution >= 0.6 is 0 Å². The molecule has 2 atom stereocenters. The third-order valence-corrected chi connectivity index (χ3v) is 9.04. The van der Waals surface area contributed by atoms with Crippen molar-refractivity contribution in [3.8, 4) is 0 Å². The molecule has 0 unspecified atom stereocenters. The molecule has 0 aliphatic heterocycles. The summed E-state index contributed by atoms with van der Waals surface area (Å²) in [7, 11) is -4.08. The number of benzene rings is 3. The maximum absolute atomic E-state index is 14.1. The normalized spacial score (nSPS) is 12.8. The Morgan fingerprint density at radius 1 is 0.850 bits per heavy atom. The van der Waals surface area contributed by atoms with E-state index in [1.807, 2.05) is 71.9 Å². The van der Waals surface area contributed by atoms with Gasteiger partial charge in [0.25, 0.3) is 10.0 Å². The lowest BCUT2D eigenvalue weighted by Crippen LogP contribution is -2.53. The fourth-order valence-corrected chi connectivity index (χ4v) is 5.81. The van der Waals surface area contributed by atoms with Crippen LogP contribution in [0.15, 0.2) is 77.7 Å². The molecule has 0 saturated carbocycles. The fraction of sp³-hybridized carbons (Fsp3) is 0.375. The lowest BCUT2D eigenvalue weighted by molar-refractivity contribution is -0.140. The Bertz CT molecular complexity index is 1410. The molecular weight excluding hydrogens is 522 g/mol. The van der Waals surface area contributed by atoms with E-state index in [0.717, 1.165) is 33.0 Å². The predicted molar refractivity (Wildman–Crippen MR) is 161 cm³/mol. The molecule has 0 bridgehead atoms. The molecular formula is C32H41N3O4S. The van der Waals surface area contributed by atoms with E-state index >= 15 is 0 Å². The van der Waals surface area contributed by atoms with E-state index in [1.54, 1.807) is 30.3 Å². The van der Waals surface area contributed by atoms with Gasteiger partial charge in [0, 0.05) is 12.6 Å². The number of nitrogens with one attached hydrogen (secondary N) is 1. The molecule has 0 aliphatic rings. The highest BCUT2D eigenvalue weighted by atomic mass is 32.2. The van der Waals surface area contributed by atoms with Gasteiger partial charge in [-0.05, 0) is 81.5 Å². The van der Waals surface area contributed by atoms with Gasteiger partial charge in [-0.25, -0.2) is 8.42 Å². The van der Waals surface area contributed by atoms with Gasteiger partial charge in [0.05, 0.1) is 10.6 Å². The Kier molecular flexibility index (Phi) is 10.5. The summed E-state index contributed by atoms with van der Waals surface area (Å²) in [6.07, 6.45) is 1.14. The molecule has 0 spiro atoms. The Labute approximate surface area is 239 Å². The summed E-state index contributed by atoms with van der Waals surface area (Å²) in [5.74, 6) is -0.703. The highest BCUT2D eigenvalue weighted by molar-refractivity contribution is 7.92. The number of carbonyl (C=O) groups is 2. The molecule has 3 aromatic rings. The Hall–Kier alpha value is -3.65. The number of rotatable bonds is 12. The minimum absolute atomic E-state index is 0.0524. The summed E-state index contributed by atoms with van der Waals surface area (Å²) in [5.41, 5.74) is 4.26. The van der Waals surface area contributed by atoms with E-state index in [4.69, 9.17) is 0 Å². The summed E-state index contributed by atoms with van der Waals surface area (Å²) >= 11 is 0. The first-order valence-corrected chi connectivity index (χ1v) is 15.2. The summed E-state index contributed by atoms with van der Waals surface area (Å²) in [6, 6.07) is 20.4. The monoisotopic (exact) mass is 563 g/mol. The van der Waals surface area contributed by atoms with Gasteiger partial charge < -0.3 is 10.2 Å². The summed E-state index contributed by atoms with van der Waals surface area (Å²) in [6.45, 7) is 11.3. The molecule has 8 heteroatoms. The Morgan fingerprint density at radius 2 is 1.50 bits per heavy atom. The number of anilines is 1. The van der Waals surface area contributed by atoms with Gasteiger partial charge in [0.1, 0.15) is 12.6 Å². The molecule has 0 aliphatic carbocycles. The van der Waals surface area contributed by atoms with E-state index in [2.05, 4.69) is 5.32 Å². The number of amides is 2. The van der Waals surface area contributed by atoms with Crippen molar-refractivity contribution in [1.29, 1.82) is 0 Å². The molecule has 0 heterocycles. The maximum Gasteiger partial charge on any atom is 0.264 e. The topological polar surface area (TPSA) is 86.8 Å². The van der Waals surface area contributed by atoms with Gasteiger partial charge in [-0.3, -0.25) is 13.9 Å². The van der Waals surface area contributed by atoms with Crippen molar-refractivity contribution in [3.63, 3.8) is 0 Å². The molecule has 0 fully saturated rings. The van der Waals surface area contributed by atoms with Gasteiger partial charge in [-0.1, -0.05) is 67.9 Å². The smallest absolute Gasteiger partial charge is 0.264 e. The third kappa shape index (κ3) is 7.50. The standard InChI is InChI=1S/C32H41N3O4S/c1-7-26(6)33-32(37)30(8-2)34(21-27-17-14-23(3)15-18-27)31(36)22-35(28-19-16-24(4)25(5)20-28)40(38,39)29-12-10-9-11-13-29/h9-20,26,30H,7-8,21-22H2,1-6H3,(H,33,37)/t26-,30+/m1/s1. The highest BCUT2D eigenvalue weighted by Gasteiger charge is 2.34. The molecule has 0 radical (unpaired) electrons. The Balaban J connectivity index is 2.06. The number of aryl methyl sites for hydroxylation is 3. The molecule has 214 valence electrons. The first-order valence-electron chi connectivity index (χ1n) is 13.8. The zero-order chi connectivity index (χ0) is 29.4. The van der Waals surface area contributed by atoms with Crippen molar-refractivity contribution in [2.45, 2.75) is 77.9 Å². The maximum atomic E-state index is 14.1. The van der Waals surface area contributed by atoms with Gasteiger partial charge in [0.15, 0.2) is 0 Å². The van der Waals surface area contributed by atoms with Crippen molar-refractivity contribution < 1.29 is 18.0 Å². The highest BCUT2D eigenvalue weighted by Crippen LogP contribution is 2.26.